The maximum absolute atomic E-state index is 11.8. The van der Waals surface area contributed by atoms with E-state index in [2.05, 4.69) is 10.3 Å². The minimum atomic E-state index is -0.411. The van der Waals surface area contributed by atoms with Crippen molar-refractivity contribution in [2.24, 2.45) is 5.73 Å². The fraction of sp³-hybridized carbons (Fsp3) is 0.667. The molecule has 0 unspecified atom stereocenters. The molecule has 0 radical (unpaired) electrons. The van der Waals surface area contributed by atoms with Gasteiger partial charge >= 0.3 is 0 Å². The highest BCUT2D eigenvalue weighted by atomic mass is 19.1. The van der Waals surface area contributed by atoms with Crippen LogP contribution >= 0.6 is 0 Å². The molecule has 5 heteroatoms. The number of hydrogen-bond acceptors (Lipinski definition) is 3. The largest absolute Gasteiger partial charge is 0.330 e. The molecular formula is C6H11FN4. The zero-order valence-electron chi connectivity index (χ0n) is 6.20. The summed E-state index contributed by atoms with van der Waals surface area (Å²) < 4.78 is 13.2. The lowest BCUT2D eigenvalue weighted by molar-refractivity contribution is 0.422. The molecule has 0 atom stereocenters. The SMILES string of the molecule is NCCc1cn(CCF)nn1. The Balaban J connectivity index is 2.51. The second-order valence-electron chi connectivity index (χ2n) is 2.20. The molecule has 0 spiro atoms. The van der Waals surface area contributed by atoms with Gasteiger partial charge in [-0.2, -0.15) is 0 Å². The van der Waals surface area contributed by atoms with Gasteiger partial charge in [-0.1, -0.05) is 5.21 Å². The topological polar surface area (TPSA) is 56.7 Å². The maximum Gasteiger partial charge on any atom is 0.109 e. The van der Waals surface area contributed by atoms with Gasteiger partial charge in [-0.3, -0.25) is 0 Å². The zero-order valence-corrected chi connectivity index (χ0v) is 6.20. The van der Waals surface area contributed by atoms with Crippen molar-refractivity contribution in [3.63, 3.8) is 0 Å². The second kappa shape index (κ2) is 4.02. The van der Waals surface area contributed by atoms with Gasteiger partial charge < -0.3 is 5.73 Å². The second-order valence-corrected chi connectivity index (χ2v) is 2.20. The average Bonchev–Trinajstić information content (AvgIpc) is 2.38. The van der Waals surface area contributed by atoms with E-state index in [0.29, 0.717) is 13.0 Å². The first-order valence-corrected chi connectivity index (χ1v) is 3.52. The molecular weight excluding hydrogens is 147 g/mol. The van der Waals surface area contributed by atoms with Gasteiger partial charge in [-0.15, -0.1) is 5.10 Å². The summed E-state index contributed by atoms with van der Waals surface area (Å²) in [5.41, 5.74) is 6.11. The summed E-state index contributed by atoms with van der Waals surface area (Å²) in [5, 5.41) is 7.49. The van der Waals surface area contributed by atoms with Gasteiger partial charge in [0.2, 0.25) is 0 Å². The summed E-state index contributed by atoms with van der Waals surface area (Å²) in [6, 6.07) is 0. The zero-order chi connectivity index (χ0) is 8.10. The summed E-state index contributed by atoms with van der Waals surface area (Å²) in [7, 11) is 0. The molecule has 0 bridgehead atoms. The van der Waals surface area contributed by atoms with Crippen molar-refractivity contribution in [2.75, 3.05) is 13.2 Å². The molecule has 0 saturated heterocycles. The van der Waals surface area contributed by atoms with E-state index >= 15 is 0 Å². The van der Waals surface area contributed by atoms with E-state index in [1.54, 1.807) is 6.20 Å². The summed E-state index contributed by atoms with van der Waals surface area (Å²) in [4.78, 5) is 0. The van der Waals surface area contributed by atoms with Crippen molar-refractivity contribution in [1.29, 1.82) is 0 Å². The molecule has 1 heterocycles. The lowest BCUT2D eigenvalue weighted by Gasteiger charge is -1.90. The van der Waals surface area contributed by atoms with Crippen LogP contribution in [-0.4, -0.2) is 28.2 Å². The van der Waals surface area contributed by atoms with E-state index in [1.807, 2.05) is 0 Å². The lowest BCUT2D eigenvalue weighted by atomic mass is 10.3. The van der Waals surface area contributed by atoms with Gasteiger partial charge in [0.25, 0.3) is 0 Å². The number of rotatable bonds is 4. The monoisotopic (exact) mass is 158 g/mol. The van der Waals surface area contributed by atoms with Crippen LogP contribution in [0.2, 0.25) is 0 Å². The molecule has 0 aromatic carbocycles. The number of aryl methyl sites for hydroxylation is 1. The Hall–Kier alpha value is -0.970. The number of alkyl halides is 1. The number of aromatic nitrogens is 3. The predicted octanol–water partition coefficient (Wildman–Crippen LogP) is -0.251. The molecule has 62 valence electrons. The van der Waals surface area contributed by atoms with Crippen molar-refractivity contribution in [3.8, 4) is 0 Å². The number of nitrogens with zero attached hydrogens (tertiary/aromatic N) is 3. The van der Waals surface area contributed by atoms with Gasteiger partial charge in [0.05, 0.1) is 12.2 Å². The highest BCUT2D eigenvalue weighted by molar-refractivity contribution is 4.92. The number of halogens is 1. The van der Waals surface area contributed by atoms with Crippen LogP contribution in [0.15, 0.2) is 6.20 Å². The molecule has 0 amide bonds. The quantitative estimate of drug-likeness (QED) is 0.657. The van der Waals surface area contributed by atoms with Crippen LogP contribution < -0.4 is 5.73 Å². The smallest absolute Gasteiger partial charge is 0.109 e. The van der Waals surface area contributed by atoms with Crippen LogP contribution in [0.1, 0.15) is 5.69 Å². The summed E-state index contributed by atoms with van der Waals surface area (Å²) in [5.74, 6) is 0. The van der Waals surface area contributed by atoms with Crippen LogP contribution in [0.3, 0.4) is 0 Å². The van der Waals surface area contributed by atoms with Crippen molar-refractivity contribution in [3.05, 3.63) is 11.9 Å². The van der Waals surface area contributed by atoms with E-state index in [9.17, 15) is 4.39 Å². The molecule has 0 saturated carbocycles. The number of nitrogens with two attached hydrogens (primary N) is 1. The van der Waals surface area contributed by atoms with Gasteiger partial charge in [-0.25, -0.2) is 9.07 Å². The highest BCUT2D eigenvalue weighted by Crippen LogP contribution is 1.92. The fourth-order valence-corrected chi connectivity index (χ4v) is 0.797. The molecule has 2 N–H and O–H groups in total. The fourth-order valence-electron chi connectivity index (χ4n) is 0.797. The Bertz CT molecular complexity index is 190. The first-order chi connectivity index (χ1) is 5.36. The van der Waals surface area contributed by atoms with Crippen molar-refractivity contribution in [2.45, 2.75) is 13.0 Å². The minimum absolute atomic E-state index is 0.275. The van der Waals surface area contributed by atoms with Crippen LogP contribution in [0, 0.1) is 0 Å². The Labute approximate surface area is 64.2 Å². The molecule has 0 aliphatic rings. The third-order valence-electron chi connectivity index (χ3n) is 1.30. The van der Waals surface area contributed by atoms with E-state index < -0.39 is 6.67 Å². The van der Waals surface area contributed by atoms with Gasteiger partial charge in [0.15, 0.2) is 0 Å². The average molecular weight is 158 g/mol. The maximum atomic E-state index is 11.8. The van der Waals surface area contributed by atoms with Crippen molar-refractivity contribution >= 4 is 0 Å². The van der Waals surface area contributed by atoms with Gasteiger partial charge in [0.1, 0.15) is 6.67 Å². The predicted molar refractivity (Wildman–Crippen MR) is 38.8 cm³/mol. The van der Waals surface area contributed by atoms with Crippen LogP contribution in [-0.2, 0) is 13.0 Å². The number of hydrogen-bond donors (Lipinski definition) is 1. The van der Waals surface area contributed by atoms with Crippen molar-refractivity contribution < 1.29 is 4.39 Å². The summed E-state index contributed by atoms with van der Waals surface area (Å²) in [6.45, 7) is 0.414. The third kappa shape index (κ3) is 2.27. The Morgan fingerprint density at radius 1 is 1.64 bits per heavy atom. The molecule has 0 aliphatic heterocycles. The highest BCUT2D eigenvalue weighted by Gasteiger charge is 1.97. The first kappa shape index (κ1) is 8.13. The van der Waals surface area contributed by atoms with E-state index in [-0.39, 0.29) is 6.54 Å². The molecule has 11 heavy (non-hydrogen) atoms. The van der Waals surface area contributed by atoms with E-state index in [4.69, 9.17) is 5.73 Å². The molecule has 0 aliphatic carbocycles. The summed E-state index contributed by atoms with van der Waals surface area (Å²) >= 11 is 0. The minimum Gasteiger partial charge on any atom is -0.330 e. The standard InChI is InChI=1S/C6H11FN4/c7-2-4-11-5-6(1-3-8)9-10-11/h5H,1-4,8H2. The Morgan fingerprint density at radius 2 is 2.45 bits per heavy atom. The first-order valence-electron chi connectivity index (χ1n) is 3.52. The van der Waals surface area contributed by atoms with Gasteiger partial charge in [-0.05, 0) is 6.54 Å². The van der Waals surface area contributed by atoms with Crippen LogP contribution in [0.5, 0.6) is 0 Å². The third-order valence-corrected chi connectivity index (χ3v) is 1.30. The summed E-state index contributed by atoms with van der Waals surface area (Å²) in [6.07, 6.45) is 2.42. The van der Waals surface area contributed by atoms with Gasteiger partial charge in [0, 0.05) is 12.6 Å². The molecule has 1 aromatic rings. The molecule has 1 aromatic heterocycles. The van der Waals surface area contributed by atoms with E-state index in [0.717, 1.165) is 5.69 Å². The molecule has 0 fully saturated rings. The van der Waals surface area contributed by atoms with E-state index in [1.165, 1.54) is 4.68 Å². The Kier molecular flexibility index (Phi) is 2.97. The van der Waals surface area contributed by atoms with Crippen molar-refractivity contribution in [1.82, 2.24) is 15.0 Å². The van der Waals surface area contributed by atoms with Crippen LogP contribution in [0.25, 0.3) is 0 Å². The molecule has 4 nitrogen and oxygen atoms in total. The lowest BCUT2D eigenvalue weighted by Crippen LogP contribution is -2.02. The van der Waals surface area contributed by atoms with Crippen LogP contribution in [0.4, 0.5) is 4.39 Å². The molecule has 1 rings (SSSR count). The Morgan fingerprint density at radius 3 is 3.09 bits per heavy atom. The normalized spacial score (nSPS) is 10.4.